The first kappa shape index (κ1) is 42.2. The van der Waals surface area contributed by atoms with Crippen LogP contribution in [0.5, 0.6) is 0 Å². The molecule has 0 N–H and O–H groups in total. The van der Waals surface area contributed by atoms with Crippen molar-refractivity contribution in [3.8, 4) is 0 Å². The first-order valence-electron chi connectivity index (χ1n) is 20.8. The van der Waals surface area contributed by atoms with Crippen molar-refractivity contribution < 1.29 is 37.6 Å². The van der Waals surface area contributed by atoms with Crippen LogP contribution in [0.2, 0.25) is 16.6 Å². The van der Waals surface area contributed by atoms with Crippen molar-refractivity contribution in [1.82, 2.24) is 0 Å². The Labute approximate surface area is 331 Å². The number of hydrogen-bond donors (Lipinski definition) is 0. The summed E-state index contributed by atoms with van der Waals surface area (Å²) in [6, 6.07) is 31.0. The Hall–Kier alpha value is -2.44. The minimum Gasteiger partial charge on any atom is -0.410 e. The molecule has 3 aromatic rings. The van der Waals surface area contributed by atoms with Crippen LogP contribution in [-0.2, 0) is 57.4 Å². The van der Waals surface area contributed by atoms with Gasteiger partial charge >= 0.3 is 0 Å². The maximum absolute atomic E-state index is 7.80. The van der Waals surface area contributed by atoms with Crippen LogP contribution in [0.4, 0.5) is 0 Å². The second kappa shape index (κ2) is 19.8. The molecule has 3 aliphatic rings. The summed E-state index contributed by atoms with van der Waals surface area (Å²) in [7, 11) is -2.42. The fourth-order valence-corrected chi connectivity index (χ4v) is 14.9. The monoisotopic (exact) mass is 774 g/mol. The Morgan fingerprint density at radius 3 is 1.91 bits per heavy atom. The third-order valence-electron chi connectivity index (χ3n) is 12.2. The molecule has 3 saturated heterocycles. The minimum atomic E-state index is -2.42. The number of rotatable bonds is 18. The van der Waals surface area contributed by atoms with E-state index in [1.165, 1.54) is 0 Å². The molecule has 8 atom stereocenters. The first-order chi connectivity index (χ1) is 26.6. The zero-order valence-corrected chi connectivity index (χ0v) is 35.3. The Morgan fingerprint density at radius 2 is 1.31 bits per heavy atom. The SMILES string of the molecule is CC(C)[Si](O[C@@H]1C[C@H](OCc2ccccc2)[C@@H](COCc2ccccc2)O[C@@]1(C)[C@@H](C[C@@H]1OC[C@H]2OCCC[C@@H]2O1)OCc1ccccc1)(C(C)C)C(C)C. The molecule has 0 amide bonds. The average molecular weight is 775 g/mol. The van der Waals surface area contributed by atoms with Crippen LogP contribution in [0.15, 0.2) is 91.0 Å². The average Bonchev–Trinajstić information content (AvgIpc) is 3.19. The van der Waals surface area contributed by atoms with E-state index in [1.807, 2.05) is 30.3 Å². The summed E-state index contributed by atoms with van der Waals surface area (Å²) >= 11 is 0. The summed E-state index contributed by atoms with van der Waals surface area (Å²) in [5, 5.41) is 0. The van der Waals surface area contributed by atoms with Crippen molar-refractivity contribution in [3.05, 3.63) is 108 Å². The maximum atomic E-state index is 7.80. The topological polar surface area (TPSA) is 73.8 Å². The van der Waals surface area contributed by atoms with E-state index in [-0.39, 0.29) is 30.5 Å². The lowest BCUT2D eigenvalue weighted by Gasteiger charge is -2.55. The molecule has 9 heteroatoms. The van der Waals surface area contributed by atoms with Gasteiger partial charge in [0.15, 0.2) is 6.29 Å². The van der Waals surface area contributed by atoms with Crippen LogP contribution >= 0.6 is 0 Å². The minimum absolute atomic E-state index is 0.00665. The lowest BCUT2D eigenvalue weighted by atomic mass is 9.82. The molecular weight excluding hydrogens is 709 g/mol. The lowest BCUT2D eigenvalue weighted by Crippen LogP contribution is -2.66. The van der Waals surface area contributed by atoms with E-state index in [4.69, 9.17) is 37.6 Å². The van der Waals surface area contributed by atoms with Gasteiger partial charge in [-0.1, -0.05) is 133 Å². The van der Waals surface area contributed by atoms with Gasteiger partial charge in [0, 0.05) is 19.4 Å². The Bertz CT molecular complexity index is 1520. The highest BCUT2D eigenvalue weighted by Crippen LogP contribution is 2.48. The largest absolute Gasteiger partial charge is 0.410 e. The number of benzene rings is 3. The van der Waals surface area contributed by atoms with E-state index >= 15 is 0 Å². The summed E-state index contributed by atoms with van der Waals surface area (Å²) in [4.78, 5) is 0. The Morgan fingerprint density at radius 1 is 0.727 bits per heavy atom. The van der Waals surface area contributed by atoms with Gasteiger partial charge in [-0.3, -0.25) is 0 Å². The molecule has 55 heavy (non-hydrogen) atoms. The van der Waals surface area contributed by atoms with E-state index in [0.29, 0.717) is 62.5 Å². The van der Waals surface area contributed by atoms with Crippen LogP contribution < -0.4 is 0 Å². The molecule has 6 rings (SSSR count). The van der Waals surface area contributed by atoms with Gasteiger partial charge in [0.2, 0.25) is 8.32 Å². The summed E-state index contributed by atoms with van der Waals surface area (Å²) in [6.45, 7) is 19.2. The molecule has 3 aliphatic heterocycles. The summed E-state index contributed by atoms with van der Waals surface area (Å²) in [6.07, 6.45) is 1.17. The highest BCUT2D eigenvalue weighted by atomic mass is 28.4. The van der Waals surface area contributed by atoms with Gasteiger partial charge in [-0.2, -0.15) is 0 Å². The fraction of sp³-hybridized carbons (Fsp3) is 0.609. The highest BCUT2D eigenvalue weighted by molar-refractivity contribution is 6.77. The van der Waals surface area contributed by atoms with Crippen molar-refractivity contribution in [3.63, 3.8) is 0 Å². The van der Waals surface area contributed by atoms with E-state index in [1.54, 1.807) is 0 Å². The first-order valence-corrected chi connectivity index (χ1v) is 22.9. The van der Waals surface area contributed by atoms with Gasteiger partial charge in [-0.15, -0.1) is 0 Å². The van der Waals surface area contributed by atoms with E-state index in [2.05, 4.69) is 109 Å². The molecule has 8 nitrogen and oxygen atoms in total. The lowest BCUT2D eigenvalue weighted by molar-refractivity contribution is -0.306. The smallest absolute Gasteiger partial charge is 0.200 e. The molecule has 0 saturated carbocycles. The Balaban J connectivity index is 1.36. The summed E-state index contributed by atoms with van der Waals surface area (Å²) in [5.74, 6) is 0. The third kappa shape index (κ3) is 10.5. The molecule has 3 fully saturated rings. The van der Waals surface area contributed by atoms with Gasteiger partial charge < -0.3 is 37.6 Å². The molecule has 3 aromatic carbocycles. The zero-order valence-electron chi connectivity index (χ0n) is 34.3. The molecule has 0 aromatic heterocycles. The molecule has 0 aliphatic carbocycles. The summed E-state index contributed by atoms with van der Waals surface area (Å²) < 4.78 is 54.7. The molecule has 302 valence electrons. The van der Waals surface area contributed by atoms with Crippen molar-refractivity contribution in [2.45, 2.75) is 159 Å². The molecule has 0 unspecified atom stereocenters. The molecule has 0 bridgehead atoms. The van der Waals surface area contributed by atoms with Crippen LogP contribution in [0.25, 0.3) is 0 Å². The zero-order chi connectivity index (χ0) is 38.8. The van der Waals surface area contributed by atoms with Crippen LogP contribution in [-0.4, -0.2) is 76.7 Å². The molecular formula is C46H66O8Si. The summed E-state index contributed by atoms with van der Waals surface area (Å²) in [5.41, 5.74) is 3.57. The second-order valence-corrected chi connectivity index (χ2v) is 22.3. The number of fused-ring (bicyclic) bond motifs is 1. The molecule has 0 radical (unpaired) electrons. The highest BCUT2D eigenvalue weighted by Gasteiger charge is 2.57. The molecule has 3 heterocycles. The third-order valence-corrected chi connectivity index (χ3v) is 18.3. The number of hydrogen-bond acceptors (Lipinski definition) is 8. The second-order valence-electron chi connectivity index (χ2n) is 16.8. The molecule has 0 spiro atoms. The van der Waals surface area contributed by atoms with Crippen molar-refractivity contribution in [1.29, 1.82) is 0 Å². The van der Waals surface area contributed by atoms with Gasteiger partial charge in [-0.25, -0.2) is 0 Å². The fourth-order valence-electron chi connectivity index (χ4n) is 9.24. The van der Waals surface area contributed by atoms with Gasteiger partial charge in [0.25, 0.3) is 0 Å². The van der Waals surface area contributed by atoms with E-state index in [9.17, 15) is 0 Å². The van der Waals surface area contributed by atoms with Crippen molar-refractivity contribution >= 4 is 8.32 Å². The predicted octanol–water partition coefficient (Wildman–Crippen LogP) is 9.79. The van der Waals surface area contributed by atoms with Crippen molar-refractivity contribution in [2.75, 3.05) is 19.8 Å². The van der Waals surface area contributed by atoms with E-state index in [0.717, 1.165) is 36.1 Å². The van der Waals surface area contributed by atoms with Gasteiger partial charge in [-0.05, 0) is 53.1 Å². The number of ether oxygens (including phenoxy) is 7. The quantitative estimate of drug-likeness (QED) is 0.118. The van der Waals surface area contributed by atoms with Crippen LogP contribution in [0, 0.1) is 0 Å². The van der Waals surface area contributed by atoms with Crippen LogP contribution in [0.3, 0.4) is 0 Å². The standard InChI is InChI=1S/C46H66O8Si/c1-33(2)55(34(3)4,35(5)6)54-44-26-40(49-29-37-20-13-9-14-21-37)42(31-47-28-36-18-11-8-12-19-36)53-46(44,7)43(50-30-38-22-15-10-16-23-38)27-45-51-32-41-39(52-45)24-17-25-48-41/h8-16,18-23,33-35,39-45H,17,24-32H2,1-7H3/t39-,40-,41+,42+,43+,44+,45+,46-/m0/s1. The van der Waals surface area contributed by atoms with E-state index < -0.39 is 26.3 Å². The normalized spacial score (nSPS) is 28.0. The van der Waals surface area contributed by atoms with Crippen LogP contribution in [0.1, 0.15) is 90.8 Å². The van der Waals surface area contributed by atoms with Gasteiger partial charge in [0.05, 0.1) is 57.5 Å². The maximum Gasteiger partial charge on any atom is 0.200 e. The Kier molecular flexibility index (Phi) is 15.2. The predicted molar refractivity (Wildman–Crippen MR) is 218 cm³/mol. The van der Waals surface area contributed by atoms with Gasteiger partial charge in [0.1, 0.15) is 17.8 Å². The van der Waals surface area contributed by atoms with Crippen molar-refractivity contribution in [2.24, 2.45) is 0 Å².